The lowest BCUT2D eigenvalue weighted by Gasteiger charge is -2.26. The number of nitriles is 1. The number of nitrogens with one attached hydrogen (secondary N) is 1. The molecule has 0 aliphatic carbocycles. The molecule has 1 fully saturated rings. The number of carbonyl (C=O) groups is 1. The summed E-state index contributed by atoms with van der Waals surface area (Å²) in [6, 6.07) is 6.97. The topological polar surface area (TPSA) is 74.6 Å². The number of hydrogen-bond donors (Lipinski definition) is 1. The molecule has 7 heteroatoms. The van der Waals surface area contributed by atoms with Crippen LogP contribution in [0, 0.1) is 11.3 Å². The summed E-state index contributed by atoms with van der Waals surface area (Å²) in [6.45, 7) is 1.94. The van der Waals surface area contributed by atoms with Crippen molar-refractivity contribution in [2.45, 2.75) is 0 Å². The lowest BCUT2D eigenvalue weighted by Crippen LogP contribution is -2.41. The van der Waals surface area contributed by atoms with Crippen LogP contribution in [-0.4, -0.2) is 44.2 Å². The maximum absolute atomic E-state index is 12.3. The van der Waals surface area contributed by atoms with Crippen molar-refractivity contribution in [3.63, 3.8) is 0 Å². The molecule has 1 aliphatic heterocycles. The zero-order valence-corrected chi connectivity index (χ0v) is 12.9. The second kappa shape index (κ2) is 7.69. The summed E-state index contributed by atoms with van der Waals surface area (Å²) in [5, 5.41) is 12.6. The Morgan fingerprint density at radius 2 is 2.23 bits per heavy atom. The van der Waals surface area contributed by atoms with Crippen molar-refractivity contribution >= 4 is 23.2 Å². The van der Waals surface area contributed by atoms with E-state index in [1.54, 1.807) is 23.1 Å². The van der Waals surface area contributed by atoms with Crippen molar-refractivity contribution in [1.29, 1.82) is 5.26 Å². The van der Waals surface area contributed by atoms with Crippen molar-refractivity contribution in [3.8, 4) is 11.8 Å². The summed E-state index contributed by atoms with van der Waals surface area (Å²) in [5.41, 5.74) is 0.599. The van der Waals surface area contributed by atoms with E-state index in [9.17, 15) is 10.1 Å². The molecular formula is C15H16ClN3O3. The van der Waals surface area contributed by atoms with Gasteiger partial charge in [-0.05, 0) is 18.2 Å². The maximum Gasteiger partial charge on any atom is 0.266 e. The number of methoxy groups -OCH3 is 1. The van der Waals surface area contributed by atoms with Crippen molar-refractivity contribution in [1.82, 2.24) is 4.90 Å². The van der Waals surface area contributed by atoms with Gasteiger partial charge in [0, 0.05) is 24.3 Å². The van der Waals surface area contributed by atoms with Gasteiger partial charge < -0.3 is 19.7 Å². The molecule has 1 aromatic carbocycles. The normalized spacial score (nSPS) is 15.1. The highest BCUT2D eigenvalue weighted by Crippen LogP contribution is 2.27. The van der Waals surface area contributed by atoms with Gasteiger partial charge in [-0.1, -0.05) is 11.6 Å². The molecule has 0 radical (unpaired) electrons. The first kappa shape index (κ1) is 16.1. The summed E-state index contributed by atoms with van der Waals surface area (Å²) in [4.78, 5) is 13.8. The Bertz CT molecular complexity index is 619. The molecule has 1 heterocycles. The summed E-state index contributed by atoms with van der Waals surface area (Å²) in [5.74, 6) is 0.246. The minimum atomic E-state index is -0.320. The predicted octanol–water partition coefficient (Wildman–Crippen LogP) is 2.03. The van der Waals surface area contributed by atoms with Gasteiger partial charge in [0.15, 0.2) is 0 Å². The van der Waals surface area contributed by atoms with Crippen molar-refractivity contribution in [3.05, 3.63) is 35.0 Å². The molecule has 1 aliphatic rings. The number of nitrogens with zero attached hydrogens (tertiary/aromatic N) is 2. The van der Waals surface area contributed by atoms with E-state index in [0.29, 0.717) is 42.8 Å². The molecule has 116 valence electrons. The Morgan fingerprint density at radius 1 is 1.50 bits per heavy atom. The fraction of sp³-hybridized carbons (Fsp3) is 0.333. The molecule has 1 saturated heterocycles. The Labute approximate surface area is 133 Å². The monoisotopic (exact) mass is 321 g/mol. The highest BCUT2D eigenvalue weighted by molar-refractivity contribution is 6.30. The first-order valence-corrected chi connectivity index (χ1v) is 7.11. The maximum atomic E-state index is 12.3. The van der Waals surface area contributed by atoms with Crippen LogP contribution in [0.4, 0.5) is 5.69 Å². The van der Waals surface area contributed by atoms with Crippen LogP contribution in [0.1, 0.15) is 0 Å². The van der Waals surface area contributed by atoms with E-state index < -0.39 is 0 Å². The van der Waals surface area contributed by atoms with Gasteiger partial charge in [-0.3, -0.25) is 4.79 Å². The molecule has 0 saturated carbocycles. The Kier molecular flexibility index (Phi) is 5.64. The fourth-order valence-electron chi connectivity index (χ4n) is 2.02. The first-order valence-electron chi connectivity index (χ1n) is 6.73. The van der Waals surface area contributed by atoms with Gasteiger partial charge in [0.2, 0.25) is 0 Å². The van der Waals surface area contributed by atoms with Gasteiger partial charge in [-0.15, -0.1) is 0 Å². The zero-order valence-electron chi connectivity index (χ0n) is 12.1. The molecular weight excluding hydrogens is 306 g/mol. The van der Waals surface area contributed by atoms with E-state index in [1.165, 1.54) is 13.3 Å². The number of benzene rings is 1. The summed E-state index contributed by atoms with van der Waals surface area (Å²) in [6.07, 6.45) is 1.37. The SMILES string of the molecule is COc1ccc(Cl)cc1N/C=C(/C#N)C(=O)N1CCOCC1. The predicted molar refractivity (Wildman–Crippen MR) is 82.7 cm³/mol. The van der Waals surface area contributed by atoms with Gasteiger partial charge >= 0.3 is 0 Å². The number of amides is 1. The summed E-state index contributed by atoms with van der Waals surface area (Å²) >= 11 is 5.94. The number of rotatable bonds is 4. The largest absolute Gasteiger partial charge is 0.495 e. The van der Waals surface area contributed by atoms with E-state index in [4.69, 9.17) is 21.1 Å². The molecule has 1 amide bonds. The number of carbonyl (C=O) groups excluding carboxylic acids is 1. The Hall–Kier alpha value is -2.23. The molecule has 1 N–H and O–H groups in total. The second-order valence-corrected chi connectivity index (χ2v) is 5.00. The molecule has 6 nitrogen and oxygen atoms in total. The molecule has 0 spiro atoms. The van der Waals surface area contributed by atoms with Crippen LogP contribution in [0.3, 0.4) is 0 Å². The molecule has 0 bridgehead atoms. The van der Waals surface area contributed by atoms with E-state index in [-0.39, 0.29) is 11.5 Å². The van der Waals surface area contributed by atoms with Gasteiger partial charge in [0.1, 0.15) is 17.4 Å². The van der Waals surface area contributed by atoms with E-state index in [2.05, 4.69) is 5.32 Å². The highest BCUT2D eigenvalue weighted by Gasteiger charge is 2.20. The number of ether oxygens (including phenoxy) is 2. The van der Waals surface area contributed by atoms with Crippen LogP contribution < -0.4 is 10.1 Å². The minimum absolute atomic E-state index is 0.0175. The molecule has 1 aromatic rings. The minimum Gasteiger partial charge on any atom is -0.495 e. The quantitative estimate of drug-likeness (QED) is 0.678. The molecule has 0 aromatic heterocycles. The van der Waals surface area contributed by atoms with Crippen LogP contribution in [0.25, 0.3) is 0 Å². The molecule has 22 heavy (non-hydrogen) atoms. The van der Waals surface area contributed by atoms with Crippen LogP contribution in [0.5, 0.6) is 5.75 Å². The van der Waals surface area contributed by atoms with Gasteiger partial charge in [-0.25, -0.2) is 0 Å². The van der Waals surface area contributed by atoms with E-state index >= 15 is 0 Å². The van der Waals surface area contributed by atoms with Crippen LogP contribution in [-0.2, 0) is 9.53 Å². The third-order valence-corrected chi connectivity index (χ3v) is 3.42. The van der Waals surface area contributed by atoms with Crippen molar-refractivity contribution in [2.75, 3.05) is 38.7 Å². The number of morpholine rings is 1. The molecule has 0 atom stereocenters. The van der Waals surface area contributed by atoms with E-state index in [1.807, 2.05) is 6.07 Å². The third-order valence-electron chi connectivity index (χ3n) is 3.18. The smallest absolute Gasteiger partial charge is 0.266 e. The number of halogens is 1. The van der Waals surface area contributed by atoms with Crippen LogP contribution in [0.2, 0.25) is 5.02 Å². The number of anilines is 1. The average molecular weight is 322 g/mol. The third kappa shape index (κ3) is 3.91. The average Bonchev–Trinajstić information content (AvgIpc) is 2.56. The second-order valence-electron chi connectivity index (χ2n) is 4.56. The van der Waals surface area contributed by atoms with Crippen LogP contribution in [0.15, 0.2) is 30.0 Å². The lowest BCUT2D eigenvalue weighted by atomic mass is 10.2. The van der Waals surface area contributed by atoms with Crippen molar-refractivity contribution < 1.29 is 14.3 Å². The van der Waals surface area contributed by atoms with Gasteiger partial charge in [0.25, 0.3) is 5.91 Å². The zero-order chi connectivity index (χ0) is 15.9. The van der Waals surface area contributed by atoms with Gasteiger partial charge in [0.05, 0.1) is 26.0 Å². The Balaban J connectivity index is 2.14. The molecule has 2 rings (SSSR count). The van der Waals surface area contributed by atoms with Crippen LogP contribution >= 0.6 is 11.6 Å². The summed E-state index contributed by atoms with van der Waals surface area (Å²) in [7, 11) is 1.53. The fourth-order valence-corrected chi connectivity index (χ4v) is 2.19. The van der Waals surface area contributed by atoms with E-state index in [0.717, 1.165) is 0 Å². The van der Waals surface area contributed by atoms with Gasteiger partial charge in [-0.2, -0.15) is 5.26 Å². The highest BCUT2D eigenvalue weighted by atomic mass is 35.5. The van der Waals surface area contributed by atoms with Crippen molar-refractivity contribution in [2.24, 2.45) is 0 Å². The first-order chi connectivity index (χ1) is 10.7. The summed E-state index contributed by atoms with van der Waals surface area (Å²) < 4.78 is 10.4. The lowest BCUT2D eigenvalue weighted by molar-refractivity contribution is -0.130. The standard InChI is InChI=1S/C15H16ClN3O3/c1-21-14-3-2-12(16)8-13(14)18-10-11(9-17)15(20)19-4-6-22-7-5-19/h2-3,8,10,18H,4-7H2,1H3/b11-10-. The Morgan fingerprint density at radius 3 is 2.86 bits per heavy atom. The number of hydrogen-bond acceptors (Lipinski definition) is 5. The molecule has 0 unspecified atom stereocenters.